The average Bonchev–Trinajstić information content (AvgIpc) is 2.66. The molecule has 0 saturated carbocycles. The maximum atomic E-state index is 13.7. The van der Waals surface area contributed by atoms with E-state index in [0.717, 1.165) is 18.3 Å². The minimum Gasteiger partial charge on any atom is -0.438 e. The Labute approximate surface area is 159 Å². The van der Waals surface area contributed by atoms with Crippen LogP contribution in [0.15, 0.2) is 54.7 Å². The molecule has 10 heteroatoms. The molecule has 150 valence electrons. The molecule has 0 aliphatic heterocycles. The number of aromatic nitrogens is 1. The summed E-state index contributed by atoms with van der Waals surface area (Å²) in [5, 5.41) is 2.16. The molecule has 4 nitrogen and oxygen atoms in total. The van der Waals surface area contributed by atoms with Gasteiger partial charge >= 0.3 is 6.18 Å². The van der Waals surface area contributed by atoms with Crippen LogP contribution in [0.4, 0.5) is 32.0 Å². The number of carbonyl (C=O) groups excluding carboxylic acids is 1. The molecule has 0 bridgehead atoms. The minimum absolute atomic E-state index is 0.0321. The van der Waals surface area contributed by atoms with Crippen molar-refractivity contribution in [1.29, 1.82) is 0 Å². The second-order valence-electron chi connectivity index (χ2n) is 5.65. The van der Waals surface area contributed by atoms with Gasteiger partial charge in [0, 0.05) is 11.9 Å². The highest BCUT2D eigenvalue weighted by Crippen LogP contribution is 2.36. The summed E-state index contributed by atoms with van der Waals surface area (Å²) >= 11 is 0. The maximum absolute atomic E-state index is 13.7. The first-order chi connectivity index (χ1) is 13.7. The van der Waals surface area contributed by atoms with E-state index in [1.807, 2.05) is 0 Å². The third kappa shape index (κ3) is 4.48. The lowest BCUT2D eigenvalue weighted by Gasteiger charge is -2.12. The largest absolute Gasteiger partial charge is 0.438 e. The van der Waals surface area contributed by atoms with Gasteiger partial charge in [-0.25, -0.2) is 18.2 Å². The van der Waals surface area contributed by atoms with Crippen molar-refractivity contribution in [2.45, 2.75) is 6.18 Å². The van der Waals surface area contributed by atoms with Gasteiger partial charge in [0.2, 0.25) is 5.88 Å². The Morgan fingerprint density at radius 1 is 0.931 bits per heavy atom. The number of ether oxygens (including phenoxy) is 1. The fourth-order valence-electron chi connectivity index (χ4n) is 2.33. The Balaban J connectivity index is 1.77. The maximum Gasteiger partial charge on any atom is 0.421 e. The number of carbonyl (C=O) groups is 1. The third-order valence-electron chi connectivity index (χ3n) is 3.67. The van der Waals surface area contributed by atoms with Gasteiger partial charge in [-0.1, -0.05) is 0 Å². The Kier molecular flexibility index (Phi) is 5.44. The van der Waals surface area contributed by atoms with Gasteiger partial charge in [-0.2, -0.15) is 13.2 Å². The Bertz CT molecular complexity index is 1050. The highest BCUT2D eigenvalue weighted by molar-refractivity contribution is 6.04. The van der Waals surface area contributed by atoms with Gasteiger partial charge in [0.05, 0.1) is 0 Å². The number of hydrogen-bond acceptors (Lipinski definition) is 3. The molecule has 0 aliphatic carbocycles. The first-order valence-electron chi connectivity index (χ1n) is 7.92. The molecule has 1 N–H and O–H groups in total. The standard InChI is InChI=1S/C19H10F6N2O2/c20-13-7-8-14(21)16(22)15(13)17(28)27-10-3-5-11(6-4-10)29-18-12(19(23,24)25)2-1-9-26-18/h1-9H,(H,27,28). The van der Waals surface area contributed by atoms with Crippen LogP contribution >= 0.6 is 0 Å². The van der Waals surface area contributed by atoms with E-state index in [9.17, 15) is 31.1 Å². The van der Waals surface area contributed by atoms with Crippen LogP contribution in [0.2, 0.25) is 0 Å². The van der Waals surface area contributed by atoms with Crippen molar-refractivity contribution in [3.05, 3.63) is 83.3 Å². The predicted octanol–water partition coefficient (Wildman–Crippen LogP) is 5.56. The summed E-state index contributed by atoms with van der Waals surface area (Å²) in [5.74, 6) is -6.22. The molecule has 0 saturated heterocycles. The van der Waals surface area contributed by atoms with Crippen molar-refractivity contribution in [2.75, 3.05) is 5.32 Å². The second kappa shape index (κ2) is 7.82. The summed E-state index contributed by atoms with van der Waals surface area (Å²) < 4.78 is 84.5. The quantitative estimate of drug-likeness (QED) is 0.451. The molecule has 3 aromatic rings. The Hall–Kier alpha value is -3.56. The number of halogens is 6. The van der Waals surface area contributed by atoms with E-state index in [4.69, 9.17) is 4.74 Å². The molecule has 0 atom stereocenters. The first-order valence-corrected chi connectivity index (χ1v) is 7.92. The molecular weight excluding hydrogens is 402 g/mol. The Morgan fingerprint density at radius 2 is 1.59 bits per heavy atom. The van der Waals surface area contributed by atoms with Crippen LogP contribution in [0, 0.1) is 17.5 Å². The summed E-state index contributed by atoms with van der Waals surface area (Å²) in [6, 6.07) is 7.93. The van der Waals surface area contributed by atoms with Gasteiger partial charge in [0.1, 0.15) is 22.7 Å². The molecule has 0 spiro atoms. The first kappa shape index (κ1) is 20.2. The fourth-order valence-corrected chi connectivity index (χ4v) is 2.33. The number of benzene rings is 2. The van der Waals surface area contributed by atoms with Crippen molar-refractivity contribution >= 4 is 11.6 Å². The van der Waals surface area contributed by atoms with Crippen LogP contribution in [-0.2, 0) is 6.18 Å². The smallest absolute Gasteiger partial charge is 0.421 e. The van der Waals surface area contributed by atoms with Gasteiger partial charge < -0.3 is 10.1 Å². The summed E-state index contributed by atoms with van der Waals surface area (Å²) in [5.41, 5.74) is -2.13. The summed E-state index contributed by atoms with van der Waals surface area (Å²) in [6.45, 7) is 0. The van der Waals surface area contributed by atoms with E-state index in [-0.39, 0.29) is 11.4 Å². The molecule has 3 rings (SSSR count). The van der Waals surface area contributed by atoms with Crippen molar-refractivity contribution < 1.29 is 35.9 Å². The van der Waals surface area contributed by atoms with Crippen LogP contribution in [0.3, 0.4) is 0 Å². The van der Waals surface area contributed by atoms with Crippen LogP contribution in [0.1, 0.15) is 15.9 Å². The zero-order valence-corrected chi connectivity index (χ0v) is 14.2. The van der Waals surface area contributed by atoms with Gasteiger partial charge in [0.25, 0.3) is 5.91 Å². The van der Waals surface area contributed by atoms with Crippen LogP contribution in [0.25, 0.3) is 0 Å². The molecule has 29 heavy (non-hydrogen) atoms. The van der Waals surface area contributed by atoms with Gasteiger partial charge in [-0.05, 0) is 48.5 Å². The Morgan fingerprint density at radius 3 is 2.24 bits per heavy atom. The zero-order chi connectivity index (χ0) is 21.2. The highest BCUT2D eigenvalue weighted by Gasteiger charge is 2.35. The number of pyridine rings is 1. The molecule has 1 amide bonds. The van der Waals surface area contributed by atoms with E-state index in [0.29, 0.717) is 12.1 Å². The van der Waals surface area contributed by atoms with E-state index in [2.05, 4.69) is 10.3 Å². The van der Waals surface area contributed by atoms with Crippen LogP contribution < -0.4 is 10.1 Å². The molecule has 2 aromatic carbocycles. The van der Waals surface area contributed by atoms with Crippen LogP contribution in [-0.4, -0.2) is 10.9 Å². The summed E-state index contributed by atoms with van der Waals surface area (Å²) in [7, 11) is 0. The lowest BCUT2D eigenvalue weighted by molar-refractivity contribution is -0.138. The molecule has 0 radical (unpaired) electrons. The van der Waals surface area contributed by atoms with Gasteiger partial charge in [-0.3, -0.25) is 4.79 Å². The van der Waals surface area contributed by atoms with E-state index >= 15 is 0 Å². The number of anilines is 1. The predicted molar refractivity (Wildman–Crippen MR) is 90.0 cm³/mol. The van der Waals surface area contributed by atoms with Crippen molar-refractivity contribution in [3.63, 3.8) is 0 Å². The molecule has 0 fully saturated rings. The van der Waals surface area contributed by atoms with Crippen molar-refractivity contribution in [1.82, 2.24) is 4.98 Å². The van der Waals surface area contributed by atoms with Crippen LogP contribution in [0.5, 0.6) is 11.6 Å². The number of rotatable bonds is 4. The highest BCUT2D eigenvalue weighted by atomic mass is 19.4. The second-order valence-corrected chi connectivity index (χ2v) is 5.65. The number of hydrogen-bond donors (Lipinski definition) is 1. The van der Waals surface area contributed by atoms with E-state index < -0.39 is 46.5 Å². The summed E-state index contributed by atoms with van der Waals surface area (Å²) in [6.07, 6.45) is -3.54. The number of nitrogens with zero attached hydrogens (tertiary/aromatic N) is 1. The lowest BCUT2D eigenvalue weighted by Crippen LogP contribution is -2.16. The molecule has 1 heterocycles. The molecule has 1 aromatic heterocycles. The monoisotopic (exact) mass is 412 g/mol. The normalized spacial score (nSPS) is 11.2. The molecule has 0 aliphatic rings. The zero-order valence-electron chi connectivity index (χ0n) is 14.2. The van der Waals surface area contributed by atoms with E-state index in [1.54, 1.807) is 0 Å². The molecular formula is C19H10F6N2O2. The average molecular weight is 412 g/mol. The molecule has 0 unspecified atom stereocenters. The van der Waals surface area contributed by atoms with Crippen molar-refractivity contribution in [3.8, 4) is 11.6 Å². The van der Waals surface area contributed by atoms with Gasteiger partial charge in [-0.15, -0.1) is 0 Å². The number of alkyl halides is 3. The summed E-state index contributed by atoms with van der Waals surface area (Å²) in [4.78, 5) is 15.6. The lowest BCUT2D eigenvalue weighted by atomic mass is 10.1. The number of nitrogens with one attached hydrogen (secondary N) is 1. The minimum atomic E-state index is -4.67. The third-order valence-corrected chi connectivity index (χ3v) is 3.67. The van der Waals surface area contributed by atoms with Gasteiger partial charge in [0.15, 0.2) is 11.6 Å². The van der Waals surface area contributed by atoms with Crippen molar-refractivity contribution in [2.24, 2.45) is 0 Å². The SMILES string of the molecule is O=C(Nc1ccc(Oc2ncccc2C(F)(F)F)cc1)c1c(F)ccc(F)c1F. The van der Waals surface area contributed by atoms with E-state index in [1.165, 1.54) is 24.3 Å². The fraction of sp³-hybridized carbons (Fsp3) is 0.0526. The number of amides is 1. The topological polar surface area (TPSA) is 51.2 Å².